The average Bonchev–Trinajstić information content (AvgIpc) is 2.82. The van der Waals surface area contributed by atoms with E-state index in [0.29, 0.717) is 12.5 Å². The van der Waals surface area contributed by atoms with Gasteiger partial charge in [0.15, 0.2) is 18.2 Å². The number of aliphatic carboxylic acids is 1. The van der Waals surface area contributed by atoms with Crippen molar-refractivity contribution in [2.75, 3.05) is 6.61 Å². The summed E-state index contributed by atoms with van der Waals surface area (Å²) >= 11 is 0. The lowest BCUT2D eigenvalue weighted by Crippen LogP contribution is -2.19. The lowest BCUT2D eigenvalue weighted by atomic mass is 9.93. The maximum absolute atomic E-state index is 14.3. The molecule has 3 aromatic carbocycles. The fraction of sp³-hybridized carbons (Fsp3) is 0.367. The molecule has 0 radical (unpaired) electrons. The van der Waals surface area contributed by atoms with E-state index in [1.54, 1.807) is 6.07 Å². The van der Waals surface area contributed by atoms with Crippen LogP contribution in [0, 0.1) is 19.7 Å². The molecule has 4 nitrogen and oxygen atoms in total. The van der Waals surface area contributed by atoms with E-state index in [1.807, 2.05) is 0 Å². The Kier molecular flexibility index (Phi) is 8.06. The van der Waals surface area contributed by atoms with E-state index >= 15 is 0 Å². The summed E-state index contributed by atoms with van der Waals surface area (Å²) in [5.41, 5.74) is 6.82. The van der Waals surface area contributed by atoms with Gasteiger partial charge in [0.25, 0.3) is 0 Å². The van der Waals surface area contributed by atoms with Gasteiger partial charge in [-0.25, -0.2) is 9.18 Å². The topological polar surface area (TPSA) is 55.8 Å². The number of hydrogen-bond donors (Lipinski definition) is 1. The quantitative estimate of drug-likeness (QED) is 0.359. The minimum atomic E-state index is -1.13. The van der Waals surface area contributed by atoms with Crippen molar-refractivity contribution in [3.8, 4) is 22.6 Å². The predicted octanol–water partition coefficient (Wildman–Crippen LogP) is 7.07. The molecule has 4 rings (SSSR count). The summed E-state index contributed by atoms with van der Waals surface area (Å²) in [5.74, 6) is -0.755. The molecule has 0 heterocycles. The summed E-state index contributed by atoms with van der Waals surface area (Å²) in [7, 11) is 0. The van der Waals surface area contributed by atoms with Crippen molar-refractivity contribution >= 4 is 5.97 Å². The fourth-order valence-corrected chi connectivity index (χ4v) is 4.95. The minimum Gasteiger partial charge on any atom is -0.490 e. The number of carboxylic acids is 1. The van der Waals surface area contributed by atoms with Gasteiger partial charge in [0.2, 0.25) is 0 Å². The predicted molar refractivity (Wildman–Crippen MR) is 136 cm³/mol. The van der Waals surface area contributed by atoms with Gasteiger partial charge in [-0.1, -0.05) is 36.8 Å². The molecule has 3 aromatic rings. The van der Waals surface area contributed by atoms with Gasteiger partial charge in [-0.15, -0.1) is 0 Å². The van der Waals surface area contributed by atoms with E-state index in [9.17, 15) is 9.18 Å². The van der Waals surface area contributed by atoms with Crippen LogP contribution in [0.3, 0.4) is 0 Å². The van der Waals surface area contributed by atoms with Gasteiger partial charge >= 0.3 is 5.97 Å². The third-order valence-corrected chi connectivity index (χ3v) is 6.63. The first-order valence-electron chi connectivity index (χ1n) is 12.4. The molecule has 1 aliphatic carbocycles. The summed E-state index contributed by atoms with van der Waals surface area (Å²) < 4.78 is 25.5. The number of rotatable bonds is 9. The summed E-state index contributed by atoms with van der Waals surface area (Å²) in [6.45, 7) is 3.72. The minimum absolute atomic E-state index is 0.0417. The van der Waals surface area contributed by atoms with Gasteiger partial charge in [-0.2, -0.15) is 0 Å². The van der Waals surface area contributed by atoms with Crippen LogP contribution in [0.5, 0.6) is 11.5 Å². The molecule has 0 spiro atoms. The number of carbonyl (C=O) groups is 1. The Hall–Kier alpha value is -3.34. The van der Waals surface area contributed by atoms with Crippen molar-refractivity contribution < 1.29 is 23.8 Å². The van der Waals surface area contributed by atoms with Gasteiger partial charge in [0.1, 0.15) is 5.75 Å². The highest BCUT2D eigenvalue weighted by Gasteiger charge is 2.16. The Morgan fingerprint density at radius 2 is 1.63 bits per heavy atom. The van der Waals surface area contributed by atoms with E-state index in [1.165, 1.54) is 59.2 Å². The normalized spacial score (nSPS) is 14.0. The molecule has 1 saturated carbocycles. The number of halogens is 1. The van der Waals surface area contributed by atoms with E-state index in [-0.39, 0.29) is 5.75 Å². The SMILES string of the molecule is Cc1cc(OC2CCCCC2)cc(C)c1-c1cccc(CCc2ccc(OCC(=O)O)c(F)c2)c1. The van der Waals surface area contributed by atoms with Gasteiger partial charge in [0.05, 0.1) is 6.10 Å². The standard InChI is InChI=1S/C30H33FO4/c1-20-15-26(35-25-9-4-3-5-10-25)16-21(2)30(20)24-8-6-7-22(17-24)11-12-23-13-14-28(27(31)18-23)34-19-29(32)33/h6-8,13-18,25H,3-5,9-12,19H2,1-2H3,(H,32,33). The molecule has 0 atom stereocenters. The molecule has 0 bridgehead atoms. The first kappa shape index (κ1) is 24.8. The lowest BCUT2D eigenvalue weighted by Gasteiger charge is -2.24. The van der Waals surface area contributed by atoms with Crippen LogP contribution in [0.1, 0.15) is 54.4 Å². The van der Waals surface area contributed by atoms with Crippen LogP contribution in [0.4, 0.5) is 4.39 Å². The Morgan fingerprint density at radius 1 is 0.943 bits per heavy atom. The van der Waals surface area contributed by atoms with E-state index in [0.717, 1.165) is 30.6 Å². The van der Waals surface area contributed by atoms with Crippen LogP contribution in [0.15, 0.2) is 54.6 Å². The molecular weight excluding hydrogens is 443 g/mol. The zero-order valence-electron chi connectivity index (χ0n) is 20.5. The van der Waals surface area contributed by atoms with Crippen LogP contribution in [-0.4, -0.2) is 23.8 Å². The Bertz CT molecular complexity index is 1160. The molecule has 1 fully saturated rings. The summed E-state index contributed by atoms with van der Waals surface area (Å²) in [5, 5.41) is 8.70. The van der Waals surface area contributed by atoms with Crippen LogP contribution in [-0.2, 0) is 17.6 Å². The van der Waals surface area contributed by atoms with Crippen molar-refractivity contribution in [1.29, 1.82) is 0 Å². The van der Waals surface area contributed by atoms with E-state index < -0.39 is 18.4 Å². The largest absolute Gasteiger partial charge is 0.490 e. The van der Waals surface area contributed by atoms with Crippen LogP contribution in [0.25, 0.3) is 11.1 Å². The first-order chi connectivity index (χ1) is 16.9. The van der Waals surface area contributed by atoms with Gasteiger partial charge in [-0.05, 0) is 110 Å². The second-order valence-electron chi connectivity index (χ2n) is 9.46. The molecule has 1 N–H and O–H groups in total. The first-order valence-corrected chi connectivity index (χ1v) is 12.4. The molecular formula is C30H33FO4. The Labute approximate surface area is 206 Å². The molecule has 0 amide bonds. The molecule has 0 aliphatic heterocycles. The van der Waals surface area contributed by atoms with Crippen LogP contribution >= 0.6 is 0 Å². The number of carboxylic acid groups (broad SMARTS) is 1. The molecule has 184 valence electrons. The van der Waals surface area contributed by atoms with Crippen molar-refractivity contribution in [2.45, 2.75) is 64.9 Å². The van der Waals surface area contributed by atoms with Crippen molar-refractivity contribution in [3.05, 3.63) is 82.7 Å². The molecule has 35 heavy (non-hydrogen) atoms. The molecule has 5 heteroatoms. The lowest BCUT2D eigenvalue weighted by molar-refractivity contribution is -0.139. The highest BCUT2D eigenvalue weighted by molar-refractivity contribution is 5.72. The summed E-state index contributed by atoms with van der Waals surface area (Å²) in [6, 6.07) is 17.5. The van der Waals surface area contributed by atoms with E-state index in [2.05, 4.69) is 50.2 Å². The van der Waals surface area contributed by atoms with Crippen LogP contribution in [0.2, 0.25) is 0 Å². The monoisotopic (exact) mass is 476 g/mol. The number of benzene rings is 3. The highest BCUT2D eigenvalue weighted by atomic mass is 19.1. The molecule has 0 unspecified atom stereocenters. The second kappa shape index (κ2) is 11.4. The number of ether oxygens (including phenoxy) is 2. The fourth-order valence-electron chi connectivity index (χ4n) is 4.95. The zero-order valence-corrected chi connectivity index (χ0v) is 20.5. The van der Waals surface area contributed by atoms with E-state index in [4.69, 9.17) is 14.6 Å². The highest BCUT2D eigenvalue weighted by Crippen LogP contribution is 2.33. The second-order valence-corrected chi connectivity index (χ2v) is 9.46. The van der Waals surface area contributed by atoms with Crippen molar-refractivity contribution in [3.63, 3.8) is 0 Å². The third kappa shape index (κ3) is 6.62. The zero-order chi connectivity index (χ0) is 24.8. The van der Waals surface area contributed by atoms with Crippen molar-refractivity contribution in [2.24, 2.45) is 0 Å². The number of hydrogen-bond acceptors (Lipinski definition) is 3. The Balaban J connectivity index is 1.44. The molecule has 0 aromatic heterocycles. The summed E-state index contributed by atoms with van der Waals surface area (Å²) in [4.78, 5) is 10.6. The Morgan fingerprint density at radius 3 is 2.29 bits per heavy atom. The van der Waals surface area contributed by atoms with Gasteiger partial charge in [0, 0.05) is 0 Å². The average molecular weight is 477 g/mol. The van der Waals surface area contributed by atoms with Crippen molar-refractivity contribution in [1.82, 2.24) is 0 Å². The smallest absolute Gasteiger partial charge is 0.341 e. The summed E-state index contributed by atoms with van der Waals surface area (Å²) in [6.07, 6.45) is 7.88. The maximum Gasteiger partial charge on any atom is 0.341 e. The molecule has 0 saturated heterocycles. The number of aryl methyl sites for hydroxylation is 4. The van der Waals surface area contributed by atoms with Gasteiger partial charge < -0.3 is 14.6 Å². The maximum atomic E-state index is 14.3. The third-order valence-electron chi connectivity index (χ3n) is 6.63. The van der Waals surface area contributed by atoms with Gasteiger partial charge in [-0.3, -0.25) is 0 Å². The van der Waals surface area contributed by atoms with Crippen LogP contribution < -0.4 is 9.47 Å². The molecule has 1 aliphatic rings.